The summed E-state index contributed by atoms with van der Waals surface area (Å²) in [5.41, 5.74) is -0.316. The van der Waals surface area contributed by atoms with E-state index in [0.717, 1.165) is 32.4 Å². The summed E-state index contributed by atoms with van der Waals surface area (Å²) in [6.07, 6.45) is 8.63. The van der Waals surface area contributed by atoms with E-state index in [1.807, 2.05) is 0 Å². The highest BCUT2D eigenvalue weighted by Crippen LogP contribution is 2.37. The Morgan fingerprint density at radius 3 is 2.90 bits per heavy atom. The van der Waals surface area contributed by atoms with E-state index in [4.69, 9.17) is 4.74 Å². The van der Waals surface area contributed by atoms with Gasteiger partial charge in [-0.05, 0) is 58.8 Å². The van der Waals surface area contributed by atoms with Gasteiger partial charge in [-0.2, -0.15) is 5.26 Å². The third-order valence-corrected chi connectivity index (χ3v) is 5.50. The Labute approximate surface area is 128 Å². The van der Waals surface area contributed by atoms with Crippen molar-refractivity contribution in [2.75, 3.05) is 13.2 Å². The average Bonchev–Trinajstić information content (AvgIpc) is 2.95. The van der Waals surface area contributed by atoms with Gasteiger partial charge in [0.15, 0.2) is 0 Å². The van der Waals surface area contributed by atoms with Gasteiger partial charge in [0.1, 0.15) is 5.54 Å². The van der Waals surface area contributed by atoms with Gasteiger partial charge in [0.2, 0.25) is 0 Å². The predicted molar refractivity (Wildman–Crippen MR) is 83.0 cm³/mol. The molecule has 1 N–H and O–H groups in total. The molecule has 0 aromatic rings. The smallest absolute Gasteiger partial charge is 0.108 e. The lowest BCUT2D eigenvalue weighted by Crippen LogP contribution is -2.59. The molecule has 21 heavy (non-hydrogen) atoms. The summed E-state index contributed by atoms with van der Waals surface area (Å²) in [6.45, 7) is 6.21. The van der Waals surface area contributed by atoms with Crippen LogP contribution in [0.5, 0.6) is 0 Å². The van der Waals surface area contributed by atoms with E-state index in [1.54, 1.807) is 0 Å². The zero-order valence-electron chi connectivity index (χ0n) is 13.5. The number of hydrogen-bond acceptors (Lipinski definition) is 4. The fraction of sp³-hybridized carbons (Fsp3) is 0.941. The van der Waals surface area contributed by atoms with Crippen LogP contribution in [0.3, 0.4) is 0 Å². The molecular weight excluding hydrogens is 262 g/mol. The molecule has 3 rings (SSSR count). The number of fused-ring (bicyclic) bond motifs is 1. The Morgan fingerprint density at radius 1 is 1.29 bits per heavy atom. The van der Waals surface area contributed by atoms with Crippen LogP contribution in [0.2, 0.25) is 0 Å². The first-order valence-electron chi connectivity index (χ1n) is 8.70. The minimum atomic E-state index is -0.316. The molecule has 1 aliphatic heterocycles. The van der Waals surface area contributed by atoms with Crippen LogP contribution >= 0.6 is 0 Å². The van der Waals surface area contributed by atoms with Crippen LogP contribution in [0.1, 0.15) is 58.8 Å². The van der Waals surface area contributed by atoms with Crippen molar-refractivity contribution in [2.45, 2.75) is 88.6 Å². The molecule has 0 spiro atoms. The van der Waals surface area contributed by atoms with Crippen molar-refractivity contribution in [2.24, 2.45) is 0 Å². The van der Waals surface area contributed by atoms with Gasteiger partial charge >= 0.3 is 0 Å². The fourth-order valence-corrected chi connectivity index (χ4v) is 4.76. The summed E-state index contributed by atoms with van der Waals surface area (Å²) in [4.78, 5) is 2.69. The number of nitriles is 1. The summed E-state index contributed by atoms with van der Waals surface area (Å²) in [7, 11) is 0. The molecule has 0 radical (unpaired) electrons. The number of rotatable bonds is 3. The van der Waals surface area contributed by atoms with Gasteiger partial charge in [0, 0.05) is 24.7 Å². The van der Waals surface area contributed by atoms with Crippen molar-refractivity contribution in [3.05, 3.63) is 0 Å². The van der Waals surface area contributed by atoms with Crippen LogP contribution in [0, 0.1) is 11.3 Å². The van der Waals surface area contributed by atoms with Crippen molar-refractivity contribution in [3.63, 3.8) is 0 Å². The molecule has 2 saturated carbocycles. The Morgan fingerprint density at radius 2 is 2.14 bits per heavy atom. The van der Waals surface area contributed by atoms with Crippen molar-refractivity contribution in [1.29, 1.82) is 5.26 Å². The van der Waals surface area contributed by atoms with Gasteiger partial charge in [-0.1, -0.05) is 0 Å². The van der Waals surface area contributed by atoms with E-state index in [1.165, 1.54) is 25.7 Å². The maximum Gasteiger partial charge on any atom is 0.108 e. The molecule has 0 aromatic carbocycles. The molecular formula is C17H29N3O. The average molecular weight is 291 g/mol. The monoisotopic (exact) mass is 291 g/mol. The maximum atomic E-state index is 9.74. The van der Waals surface area contributed by atoms with Crippen LogP contribution in [0.4, 0.5) is 0 Å². The zero-order valence-corrected chi connectivity index (χ0v) is 13.5. The van der Waals surface area contributed by atoms with E-state index in [2.05, 4.69) is 30.1 Å². The number of morpholine rings is 1. The SMILES string of the molecule is CC(C)NC1(C#N)CCCC(N2CCOC3CCCC32)C1. The summed E-state index contributed by atoms with van der Waals surface area (Å²) in [5, 5.41) is 13.3. The molecule has 0 amide bonds. The summed E-state index contributed by atoms with van der Waals surface area (Å²) in [5.74, 6) is 0. The third-order valence-electron chi connectivity index (χ3n) is 5.50. The van der Waals surface area contributed by atoms with Crippen molar-refractivity contribution in [1.82, 2.24) is 10.2 Å². The molecule has 3 aliphatic rings. The van der Waals surface area contributed by atoms with E-state index in [9.17, 15) is 5.26 Å². The van der Waals surface area contributed by atoms with Gasteiger partial charge in [-0.25, -0.2) is 0 Å². The molecule has 0 aromatic heterocycles. The standard InChI is InChI=1S/C17H29N3O/c1-13(2)19-17(12-18)8-4-5-14(11-17)20-9-10-21-16-7-3-6-15(16)20/h13-16,19H,3-11H2,1-2H3. The summed E-state index contributed by atoms with van der Waals surface area (Å²) >= 11 is 0. The molecule has 4 heteroatoms. The van der Waals surface area contributed by atoms with Gasteiger partial charge in [0.05, 0.1) is 18.8 Å². The quantitative estimate of drug-likeness (QED) is 0.867. The minimum Gasteiger partial charge on any atom is -0.375 e. The highest BCUT2D eigenvalue weighted by Gasteiger charge is 2.44. The minimum absolute atomic E-state index is 0.316. The lowest BCUT2D eigenvalue weighted by Gasteiger charge is -2.47. The van der Waals surface area contributed by atoms with Crippen LogP contribution in [-0.4, -0.2) is 47.8 Å². The van der Waals surface area contributed by atoms with Crippen LogP contribution < -0.4 is 5.32 Å². The summed E-state index contributed by atoms with van der Waals surface area (Å²) in [6, 6.07) is 4.14. The Kier molecular flexibility index (Phi) is 4.54. The second kappa shape index (κ2) is 6.24. The lowest BCUT2D eigenvalue weighted by molar-refractivity contribution is -0.0802. The van der Waals surface area contributed by atoms with Crippen molar-refractivity contribution in [3.8, 4) is 6.07 Å². The first-order valence-corrected chi connectivity index (χ1v) is 8.70. The number of nitrogens with one attached hydrogen (secondary N) is 1. The van der Waals surface area contributed by atoms with Crippen molar-refractivity contribution >= 4 is 0 Å². The molecule has 4 atom stereocenters. The molecule has 1 saturated heterocycles. The number of nitrogens with zero attached hydrogens (tertiary/aromatic N) is 2. The lowest BCUT2D eigenvalue weighted by atomic mass is 9.78. The number of hydrogen-bond donors (Lipinski definition) is 1. The van der Waals surface area contributed by atoms with Crippen molar-refractivity contribution < 1.29 is 4.74 Å². The second-order valence-electron chi connectivity index (χ2n) is 7.39. The normalized spacial score (nSPS) is 41.0. The molecule has 3 fully saturated rings. The van der Waals surface area contributed by atoms with Gasteiger partial charge in [-0.15, -0.1) is 0 Å². The van der Waals surface area contributed by atoms with E-state index >= 15 is 0 Å². The van der Waals surface area contributed by atoms with E-state index in [-0.39, 0.29) is 5.54 Å². The maximum absolute atomic E-state index is 9.74. The van der Waals surface area contributed by atoms with Crippen LogP contribution in [0.25, 0.3) is 0 Å². The van der Waals surface area contributed by atoms with Crippen LogP contribution in [-0.2, 0) is 4.74 Å². The molecule has 2 aliphatic carbocycles. The topological polar surface area (TPSA) is 48.3 Å². The third kappa shape index (κ3) is 3.11. The highest BCUT2D eigenvalue weighted by molar-refractivity contribution is 5.12. The molecule has 4 nitrogen and oxygen atoms in total. The van der Waals surface area contributed by atoms with Gasteiger partial charge in [-0.3, -0.25) is 10.2 Å². The second-order valence-corrected chi connectivity index (χ2v) is 7.39. The molecule has 0 bridgehead atoms. The first-order chi connectivity index (χ1) is 10.1. The van der Waals surface area contributed by atoms with E-state index in [0.29, 0.717) is 24.2 Å². The van der Waals surface area contributed by atoms with E-state index < -0.39 is 0 Å². The largest absolute Gasteiger partial charge is 0.375 e. The van der Waals surface area contributed by atoms with Gasteiger partial charge < -0.3 is 4.74 Å². The fourth-order valence-electron chi connectivity index (χ4n) is 4.76. The summed E-state index contributed by atoms with van der Waals surface area (Å²) < 4.78 is 5.94. The van der Waals surface area contributed by atoms with Crippen LogP contribution in [0.15, 0.2) is 0 Å². The predicted octanol–water partition coefficient (Wildman–Crippen LogP) is 2.44. The Hall–Kier alpha value is -0.630. The molecule has 118 valence electrons. The highest BCUT2D eigenvalue weighted by atomic mass is 16.5. The molecule has 4 unspecified atom stereocenters. The first kappa shape index (κ1) is 15.3. The number of ether oxygens (including phenoxy) is 1. The molecule has 1 heterocycles. The Bertz CT molecular complexity index is 405. The Balaban J connectivity index is 1.71. The van der Waals surface area contributed by atoms with Gasteiger partial charge in [0.25, 0.3) is 0 Å². The zero-order chi connectivity index (χ0) is 14.9.